The molecule has 0 fully saturated rings. The van der Waals surface area contributed by atoms with E-state index in [1.807, 2.05) is 13.2 Å². The molecular weight excluding hydrogens is 240 g/mol. The zero-order valence-electron chi connectivity index (χ0n) is 10.7. The van der Waals surface area contributed by atoms with Gasteiger partial charge >= 0.3 is 12.0 Å². The maximum absolute atomic E-state index is 11.7. The van der Waals surface area contributed by atoms with Gasteiger partial charge in [0.05, 0.1) is 6.42 Å². The molecule has 0 radical (unpaired) electrons. The fraction of sp³-hybridized carbons (Fsp3) is 0.818. The maximum atomic E-state index is 11.7. The number of carboxylic acid groups (broad SMARTS) is 1. The molecule has 17 heavy (non-hydrogen) atoms. The largest absolute Gasteiger partial charge is 0.481 e. The van der Waals surface area contributed by atoms with Gasteiger partial charge in [-0.15, -0.1) is 0 Å². The Bertz CT molecular complexity index is 249. The first-order chi connectivity index (χ1) is 8.01. The van der Waals surface area contributed by atoms with Gasteiger partial charge in [0.25, 0.3) is 0 Å². The lowest BCUT2D eigenvalue weighted by molar-refractivity contribution is -0.137. The summed E-state index contributed by atoms with van der Waals surface area (Å²) in [6, 6.07) is -0.179. The zero-order valence-corrected chi connectivity index (χ0v) is 11.5. The van der Waals surface area contributed by atoms with Crippen molar-refractivity contribution in [3.8, 4) is 0 Å². The number of hydrogen-bond acceptors (Lipinski definition) is 3. The first kappa shape index (κ1) is 16.1. The quantitative estimate of drug-likeness (QED) is 0.697. The van der Waals surface area contributed by atoms with Crippen LogP contribution in [0.25, 0.3) is 0 Å². The highest BCUT2D eigenvalue weighted by Crippen LogP contribution is 2.08. The first-order valence-corrected chi connectivity index (χ1v) is 7.07. The van der Waals surface area contributed by atoms with Crippen LogP contribution in [0.3, 0.4) is 0 Å². The van der Waals surface area contributed by atoms with Crippen LogP contribution < -0.4 is 5.32 Å². The average molecular weight is 262 g/mol. The van der Waals surface area contributed by atoms with Crippen LogP contribution in [0.2, 0.25) is 0 Å². The lowest BCUT2D eigenvalue weighted by Crippen LogP contribution is -2.41. The lowest BCUT2D eigenvalue weighted by atomic mass is 10.3. The molecule has 2 N–H and O–H groups in total. The van der Waals surface area contributed by atoms with E-state index in [4.69, 9.17) is 5.11 Å². The molecule has 0 aromatic carbocycles. The Morgan fingerprint density at radius 3 is 2.59 bits per heavy atom. The lowest BCUT2D eigenvalue weighted by Gasteiger charge is -2.21. The Kier molecular flexibility index (Phi) is 8.66. The number of urea groups is 1. The average Bonchev–Trinajstić information content (AvgIpc) is 2.29. The van der Waals surface area contributed by atoms with Gasteiger partial charge in [-0.3, -0.25) is 4.79 Å². The third-order valence-electron chi connectivity index (χ3n) is 2.49. The Morgan fingerprint density at radius 1 is 1.47 bits per heavy atom. The van der Waals surface area contributed by atoms with Gasteiger partial charge in [0.1, 0.15) is 0 Å². The van der Waals surface area contributed by atoms with E-state index in [1.54, 1.807) is 11.8 Å². The molecule has 0 aliphatic heterocycles. The molecular formula is C11H22N2O3S. The molecule has 6 heteroatoms. The Labute approximate surface area is 107 Å². The van der Waals surface area contributed by atoms with Crippen molar-refractivity contribution in [2.75, 3.05) is 25.9 Å². The van der Waals surface area contributed by atoms with Crippen LogP contribution in [0.15, 0.2) is 0 Å². The molecule has 100 valence electrons. The van der Waals surface area contributed by atoms with E-state index >= 15 is 0 Å². The van der Waals surface area contributed by atoms with Gasteiger partial charge in [0, 0.05) is 24.9 Å². The number of rotatable bonds is 8. The molecule has 0 aliphatic carbocycles. The van der Waals surface area contributed by atoms with Gasteiger partial charge in [-0.25, -0.2) is 4.79 Å². The number of amides is 2. The minimum absolute atomic E-state index is 0.0114. The smallest absolute Gasteiger partial charge is 0.317 e. The summed E-state index contributed by atoms with van der Waals surface area (Å²) in [6.07, 6.45) is 2.95. The molecule has 0 bridgehead atoms. The number of carboxylic acids is 1. The summed E-state index contributed by atoms with van der Waals surface area (Å²) in [6.45, 7) is 5.36. The molecule has 0 aliphatic rings. The van der Waals surface area contributed by atoms with Crippen molar-refractivity contribution >= 4 is 23.8 Å². The van der Waals surface area contributed by atoms with Gasteiger partial charge in [0.15, 0.2) is 0 Å². The Hall–Kier alpha value is -0.910. The van der Waals surface area contributed by atoms with Crippen molar-refractivity contribution in [2.45, 2.75) is 31.9 Å². The summed E-state index contributed by atoms with van der Waals surface area (Å²) in [5.74, 6) is -0.882. The predicted octanol–water partition coefficient (Wildman–Crippen LogP) is 1.63. The van der Waals surface area contributed by atoms with E-state index in [9.17, 15) is 9.59 Å². The summed E-state index contributed by atoms with van der Waals surface area (Å²) >= 11 is 1.76. The molecule has 1 unspecified atom stereocenters. The maximum Gasteiger partial charge on any atom is 0.317 e. The fourth-order valence-electron chi connectivity index (χ4n) is 1.25. The van der Waals surface area contributed by atoms with E-state index in [0.717, 1.165) is 6.42 Å². The highest BCUT2D eigenvalue weighted by Gasteiger charge is 2.12. The van der Waals surface area contributed by atoms with Crippen LogP contribution in [0, 0.1) is 0 Å². The molecule has 0 spiro atoms. The molecule has 0 saturated carbocycles. The van der Waals surface area contributed by atoms with Crippen molar-refractivity contribution in [2.24, 2.45) is 0 Å². The standard InChI is InChI=1S/C11H22N2O3S/c1-4-13(8-6-10(14)15)11(16)12-7-5-9(2)17-3/h9H,4-8H2,1-3H3,(H,12,16)(H,14,15). The van der Waals surface area contributed by atoms with Crippen molar-refractivity contribution in [1.82, 2.24) is 10.2 Å². The van der Waals surface area contributed by atoms with Gasteiger partial charge in [-0.2, -0.15) is 11.8 Å². The van der Waals surface area contributed by atoms with E-state index in [2.05, 4.69) is 12.2 Å². The highest BCUT2D eigenvalue weighted by molar-refractivity contribution is 7.99. The van der Waals surface area contributed by atoms with E-state index in [1.165, 1.54) is 4.90 Å². The third-order valence-corrected chi connectivity index (χ3v) is 3.53. The van der Waals surface area contributed by atoms with E-state index in [0.29, 0.717) is 18.3 Å². The second kappa shape index (κ2) is 9.15. The fourth-order valence-corrected chi connectivity index (χ4v) is 1.60. The van der Waals surface area contributed by atoms with Gasteiger partial charge in [-0.1, -0.05) is 6.92 Å². The first-order valence-electron chi connectivity index (χ1n) is 5.78. The van der Waals surface area contributed by atoms with Crippen LogP contribution in [-0.4, -0.2) is 53.1 Å². The van der Waals surface area contributed by atoms with Crippen LogP contribution in [-0.2, 0) is 4.79 Å². The SMILES string of the molecule is CCN(CCC(=O)O)C(=O)NCCC(C)SC. The molecule has 0 aromatic heterocycles. The summed E-state index contributed by atoms with van der Waals surface area (Å²) in [5, 5.41) is 11.9. The second-order valence-electron chi connectivity index (χ2n) is 3.79. The summed E-state index contributed by atoms with van der Waals surface area (Å²) in [4.78, 5) is 23.6. The molecule has 0 aromatic rings. The monoisotopic (exact) mass is 262 g/mol. The minimum Gasteiger partial charge on any atom is -0.481 e. The minimum atomic E-state index is -0.882. The molecule has 1 atom stereocenters. The summed E-state index contributed by atoms with van der Waals surface area (Å²) < 4.78 is 0. The van der Waals surface area contributed by atoms with E-state index in [-0.39, 0.29) is 19.0 Å². The van der Waals surface area contributed by atoms with Crippen molar-refractivity contribution < 1.29 is 14.7 Å². The zero-order chi connectivity index (χ0) is 13.3. The number of thioether (sulfide) groups is 1. The van der Waals surface area contributed by atoms with Gasteiger partial charge in [-0.05, 0) is 19.6 Å². The number of nitrogens with one attached hydrogen (secondary N) is 1. The van der Waals surface area contributed by atoms with Crippen molar-refractivity contribution in [3.63, 3.8) is 0 Å². The highest BCUT2D eigenvalue weighted by atomic mass is 32.2. The normalized spacial score (nSPS) is 11.9. The van der Waals surface area contributed by atoms with Crippen LogP contribution >= 0.6 is 11.8 Å². The van der Waals surface area contributed by atoms with E-state index < -0.39 is 5.97 Å². The van der Waals surface area contributed by atoms with Gasteiger partial charge < -0.3 is 15.3 Å². The Morgan fingerprint density at radius 2 is 2.12 bits per heavy atom. The predicted molar refractivity (Wildman–Crippen MR) is 70.5 cm³/mol. The number of carbonyl (C=O) groups is 2. The topological polar surface area (TPSA) is 69.6 Å². The number of hydrogen-bond donors (Lipinski definition) is 2. The van der Waals surface area contributed by atoms with Crippen LogP contribution in [0.5, 0.6) is 0 Å². The molecule has 0 saturated heterocycles. The number of nitrogens with zero attached hydrogens (tertiary/aromatic N) is 1. The number of aliphatic carboxylic acids is 1. The van der Waals surface area contributed by atoms with Gasteiger partial charge in [0.2, 0.25) is 0 Å². The molecule has 0 heterocycles. The number of carbonyl (C=O) groups excluding carboxylic acids is 1. The third kappa shape index (κ3) is 7.90. The molecule has 0 rings (SSSR count). The Balaban J connectivity index is 3.87. The van der Waals surface area contributed by atoms with Crippen molar-refractivity contribution in [3.05, 3.63) is 0 Å². The van der Waals surface area contributed by atoms with Crippen LogP contribution in [0.1, 0.15) is 26.7 Å². The summed E-state index contributed by atoms with van der Waals surface area (Å²) in [5.41, 5.74) is 0. The van der Waals surface area contributed by atoms with Crippen LogP contribution in [0.4, 0.5) is 4.79 Å². The molecule has 2 amide bonds. The second-order valence-corrected chi connectivity index (χ2v) is 5.07. The summed E-state index contributed by atoms with van der Waals surface area (Å²) in [7, 11) is 0. The van der Waals surface area contributed by atoms with Crippen molar-refractivity contribution in [1.29, 1.82) is 0 Å². The molecule has 5 nitrogen and oxygen atoms in total.